The van der Waals surface area contributed by atoms with Crippen LogP contribution in [0.25, 0.3) is 10.8 Å². The van der Waals surface area contributed by atoms with Gasteiger partial charge in [0.25, 0.3) is 11.5 Å². The number of carbonyl (C=O) groups is 1. The molecule has 0 aliphatic carbocycles. The lowest BCUT2D eigenvalue weighted by molar-refractivity contribution is 0.0667. The van der Waals surface area contributed by atoms with Gasteiger partial charge in [-0.05, 0) is 33.8 Å². The van der Waals surface area contributed by atoms with Crippen molar-refractivity contribution in [3.05, 3.63) is 40.3 Å². The van der Waals surface area contributed by atoms with Crippen molar-refractivity contribution >= 4 is 29.1 Å². The quantitative estimate of drug-likeness (QED) is 0.887. The molecule has 0 bridgehead atoms. The maximum atomic E-state index is 13.1. The summed E-state index contributed by atoms with van der Waals surface area (Å²) in [5.41, 5.74) is 0.208. The Hall–Kier alpha value is -1.92. The molecule has 1 fully saturated rings. The van der Waals surface area contributed by atoms with Gasteiger partial charge in [-0.25, -0.2) is 4.68 Å². The Bertz CT molecular complexity index is 823. The molecule has 136 valence electrons. The highest BCUT2D eigenvalue weighted by Gasteiger charge is 2.28. The topological polar surface area (TPSA) is 67.2 Å². The first kappa shape index (κ1) is 19.4. The van der Waals surface area contributed by atoms with Crippen LogP contribution in [-0.2, 0) is 0 Å². The number of fused-ring (bicyclic) bond motifs is 1. The second-order valence-corrected chi connectivity index (χ2v) is 6.92. The highest BCUT2D eigenvalue weighted by atomic mass is 35.5. The summed E-state index contributed by atoms with van der Waals surface area (Å²) in [6.45, 7) is 9.20. The third-order valence-electron chi connectivity index (χ3n) is 4.36. The zero-order valence-electron chi connectivity index (χ0n) is 15.0. The normalized spacial score (nSPS) is 20.6. The largest absolute Gasteiger partial charge is 0.334 e. The minimum Gasteiger partial charge on any atom is -0.334 e. The fourth-order valence-corrected chi connectivity index (χ4v) is 3.36. The summed E-state index contributed by atoms with van der Waals surface area (Å²) in [5, 5.41) is 9.01. The summed E-state index contributed by atoms with van der Waals surface area (Å²) in [6, 6.07) is 7.59. The number of hydrogen-bond acceptors (Lipinski definition) is 4. The number of benzene rings is 1. The van der Waals surface area contributed by atoms with Crippen molar-refractivity contribution in [2.45, 2.75) is 45.8 Å². The molecule has 3 rings (SSSR count). The average Bonchev–Trinajstić information content (AvgIpc) is 2.53. The lowest BCUT2D eigenvalue weighted by atomic mass is 10.1. The average molecular weight is 365 g/mol. The summed E-state index contributed by atoms with van der Waals surface area (Å²) in [6.07, 6.45) is 0. The number of piperazine rings is 1. The van der Waals surface area contributed by atoms with Crippen molar-refractivity contribution in [3.63, 3.8) is 0 Å². The molecule has 2 unspecified atom stereocenters. The Balaban J connectivity index is 0.00000225. The predicted octanol–water partition coefficient (Wildman–Crippen LogP) is 2.22. The molecule has 1 saturated heterocycles. The number of hydrogen-bond donors (Lipinski definition) is 1. The van der Waals surface area contributed by atoms with Crippen molar-refractivity contribution in [1.29, 1.82) is 0 Å². The van der Waals surface area contributed by atoms with Crippen LogP contribution >= 0.6 is 12.4 Å². The molecule has 0 radical (unpaired) electrons. The summed E-state index contributed by atoms with van der Waals surface area (Å²) in [7, 11) is 0. The first-order valence-corrected chi connectivity index (χ1v) is 8.45. The van der Waals surface area contributed by atoms with Gasteiger partial charge in [-0.1, -0.05) is 18.2 Å². The molecule has 2 aromatic rings. The lowest BCUT2D eigenvalue weighted by Gasteiger charge is -2.36. The van der Waals surface area contributed by atoms with E-state index in [2.05, 4.69) is 24.3 Å². The van der Waals surface area contributed by atoms with Crippen molar-refractivity contribution in [3.8, 4) is 0 Å². The first-order valence-electron chi connectivity index (χ1n) is 8.45. The SMILES string of the molecule is CC1CN(C(=O)c2nn(C(C)C)c(=O)c3ccccc23)CC(C)N1.Cl. The molecular weight excluding hydrogens is 340 g/mol. The molecule has 1 aliphatic rings. The molecule has 1 N–H and O–H groups in total. The van der Waals surface area contributed by atoms with Gasteiger partial charge in [-0.15, -0.1) is 12.4 Å². The molecule has 25 heavy (non-hydrogen) atoms. The van der Waals surface area contributed by atoms with Crippen molar-refractivity contribution in [2.24, 2.45) is 0 Å². The van der Waals surface area contributed by atoms with Crippen molar-refractivity contribution < 1.29 is 4.79 Å². The number of aromatic nitrogens is 2. The Morgan fingerprint density at radius 3 is 2.28 bits per heavy atom. The summed E-state index contributed by atoms with van der Waals surface area (Å²) >= 11 is 0. The number of nitrogens with zero attached hydrogens (tertiary/aromatic N) is 3. The monoisotopic (exact) mass is 364 g/mol. The van der Waals surface area contributed by atoms with E-state index in [-0.39, 0.29) is 42.0 Å². The third-order valence-corrected chi connectivity index (χ3v) is 4.36. The number of nitrogens with one attached hydrogen (secondary N) is 1. The van der Waals surface area contributed by atoms with Gasteiger partial charge in [0.2, 0.25) is 0 Å². The molecule has 1 aromatic heterocycles. The van der Waals surface area contributed by atoms with Gasteiger partial charge in [-0.2, -0.15) is 5.10 Å². The number of carbonyl (C=O) groups excluding carboxylic acids is 1. The van der Waals surface area contributed by atoms with E-state index >= 15 is 0 Å². The highest BCUT2D eigenvalue weighted by Crippen LogP contribution is 2.18. The first-order chi connectivity index (χ1) is 11.4. The van der Waals surface area contributed by atoms with E-state index < -0.39 is 0 Å². The van der Waals surface area contributed by atoms with Gasteiger partial charge in [0.15, 0.2) is 5.69 Å². The lowest BCUT2D eigenvalue weighted by Crippen LogP contribution is -2.56. The predicted molar refractivity (Wildman–Crippen MR) is 102 cm³/mol. The van der Waals surface area contributed by atoms with Crippen LogP contribution in [0.3, 0.4) is 0 Å². The zero-order chi connectivity index (χ0) is 17.4. The minimum absolute atomic E-state index is 0. The standard InChI is InChI=1S/C18H24N4O2.ClH/c1-11(2)22-17(23)15-8-6-5-7-14(15)16(20-22)18(24)21-9-12(3)19-13(4)10-21;/h5-8,11-13,19H,9-10H2,1-4H3;1H. The van der Waals surface area contributed by atoms with E-state index in [4.69, 9.17) is 0 Å². The van der Waals surface area contributed by atoms with Gasteiger partial charge in [0.05, 0.1) is 11.4 Å². The van der Waals surface area contributed by atoms with Crippen LogP contribution in [0, 0.1) is 0 Å². The van der Waals surface area contributed by atoms with Crippen LogP contribution < -0.4 is 10.9 Å². The molecule has 0 spiro atoms. The second kappa shape index (κ2) is 7.54. The van der Waals surface area contributed by atoms with Crippen molar-refractivity contribution in [1.82, 2.24) is 20.0 Å². The second-order valence-electron chi connectivity index (χ2n) is 6.92. The summed E-state index contributed by atoms with van der Waals surface area (Å²) in [5.74, 6) is -0.110. The Morgan fingerprint density at radius 1 is 1.16 bits per heavy atom. The highest BCUT2D eigenvalue weighted by molar-refractivity contribution is 6.04. The number of rotatable bonds is 2. The van der Waals surface area contributed by atoms with Gasteiger partial charge in [0, 0.05) is 30.6 Å². The molecule has 1 amide bonds. The van der Waals surface area contributed by atoms with E-state index in [1.54, 1.807) is 12.1 Å². The fraction of sp³-hybridized carbons (Fsp3) is 0.500. The van der Waals surface area contributed by atoms with Crippen LogP contribution in [0.2, 0.25) is 0 Å². The molecule has 2 atom stereocenters. The maximum absolute atomic E-state index is 13.1. The fourth-order valence-electron chi connectivity index (χ4n) is 3.36. The van der Waals surface area contributed by atoms with E-state index in [9.17, 15) is 9.59 Å². The van der Waals surface area contributed by atoms with Gasteiger partial charge >= 0.3 is 0 Å². The van der Waals surface area contributed by atoms with Crippen LogP contribution in [-0.4, -0.2) is 45.8 Å². The van der Waals surface area contributed by atoms with Gasteiger partial charge in [0.1, 0.15) is 0 Å². The van der Waals surface area contributed by atoms with Crippen LogP contribution in [0.4, 0.5) is 0 Å². The molecular formula is C18H25ClN4O2. The van der Waals surface area contributed by atoms with Crippen LogP contribution in [0.1, 0.15) is 44.2 Å². The van der Waals surface area contributed by atoms with Crippen LogP contribution in [0.15, 0.2) is 29.1 Å². The zero-order valence-corrected chi connectivity index (χ0v) is 15.8. The number of halogens is 1. The van der Waals surface area contributed by atoms with Crippen LogP contribution in [0.5, 0.6) is 0 Å². The summed E-state index contributed by atoms with van der Waals surface area (Å²) < 4.78 is 1.41. The smallest absolute Gasteiger partial charge is 0.275 e. The molecule has 0 saturated carbocycles. The Morgan fingerprint density at radius 2 is 1.72 bits per heavy atom. The van der Waals surface area contributed by atoms with E-state index in [1.165, 1.54) is 4.68 Å². The Labute approximate surface area is 153 Å². The van der Waals surface area contributed by atoms with E-state index in [0.717, 1.165) is 0 Å². The van der Waals surface area contributed by atoms with Crippen molar-refractivity contribution in [2.75, 3.05) is 13.1 Å². The maximum Gasteiger partial charge on any atom is 0.275 e. The van der Waals surface area contributed by atoms with E-state index in [0.29, 0.717) is 29.6 Å². The number of amides is 1. The van der Waals surface area contributed by atoms with Gasteiger partial charge in [-0.3, -0.25) is 9.59 Å². The molecule has 7 heteroatoms. The molecule has 1 aromatic carbocycles. The molecule has 6 nitrogen and oxygen atoms in total. The van der Waals surface area contributed by atoms with Gasteiger partial charge < -0.3 is 10.2 Å². The molecule has 2 heterocycles. The minimum atomic E-state index is -0.154. The third kappa shape index (κ3) is 3.70. The van der Waals surface area contributed by atoms with E-state index in [1.807, 2.05) is 30.9 Å². The Kier molecular flexibility index (Phi) is 5.85. The summed E-state index contributed by atoms with van der Waals surface area (Å²) in [4.78, 5) is 27.5. The molecule has 1 aliphatic heterocycles.